The Bertz CT molecular complexity index is 970. The molecule has 1 N–H and O–H groups in total. The molecule has 0 aliphatic heterocycles. The number of aryl methyl sites for hydroxylation is 1. The molecule has 6 heteroatoms. The SMILES string of the molecule is Cc1nc(-c2ccc(Cn3cc4ncccc4c3O)cc2)no1. The van der Waals surface area contributed by atoms with Gasteiger partial charge in [0, 0.05) is 24.9 Å². The van der Waals surface area contributed by atoms with E-state index >= 15 is 0 Å². The number of pyridine rings is 1. The molecule has 0 saturated heterocycles. The number of nitrogens with zero attached hydrogens (tertiary/aromatic N) is 4. The molecular formula is C17H14N4O2. The van der Waals surface area contributed by atoms with E-state index in [2.05, 4.69) is 15.1 Å². The summed E-state index contributed by atoms with van der Waals surface area (Å²) in [4.78, 5) is 8.46. The number of hydrogen-bond acceptors (Lipinski definition) is 5. The van der Waals surface area contributed by atoms with Crippen LogP contribution in [0.5, 0.6) is 5.88 Å². The van der Waals surface area contributed by atoms with Crippen LogP contribution in [0.15, 0.2) is 53.3 Å². The van der Waals surface area contributed by atoms with Crippen LogP contribution in [0.1, 0.15) is 11.5 Å². The lowest BCUT2D eigenvalue weighted by Gasteiger charge is -2.05. The van der Waals surface area contributed by atoms with Crippen molar-refractivity contribution in [2.75, 3.05) is 0 Å². The highest BCUT2D eigenvalue weighted by Crippen LogP contribution is 2.26. The fourth-order valence-corrected chi connectivity index (χ4v) is 2.57. The first-order chi connectivity index (χ1) is 11.2. The fourth-order valence-electron chi connectivity index (χ4n) is 2.57. The number of aromatic nitrogens is 4. The molecule has 0 saturated carbocycles. The number of fused-ring (bicyclic) bond motifs is 1. The summed E-state index contributed by atoms with van der Waals surface area (Å²) in [5.74, 6) is 1.35. The molecule has 4 aromatic rings. The Kier molecular flexibility index (Phi) is 3.08. The molecule has 6 nitrogen and oxygen atoms in total. The molecule has 0 unspecified atom stereocenters. The second kappa shape index (κ2) is 5.24. The third-order valence-electron chi connectivity index (χ3n) is 3.72. The van der Waals surface area contributed by atoms with E-state index in [0.29, 0.717) is 18.3 Å². The molecule has 0 aliphatic rings. The maximum Gasteiger partial charge on any atom is 0.223 e. The molecule has 0 amide bonds. The summed E-state index contributed by atoms with van der Waals surface area (Å²) in [7, 11) is 0. The molecule has 4 rings (SSSR count). The summed E-state index contributed by atoms with van der Waals surface area (Å²) in [6, 6.07) is 11.5. The van der Waals surface area contributed by atoms with Crippen molar-refractivity contribution in [1.29, 1.82) is 0 Å². The first-order valence-electron chi connectivity index (χ1n) is 7.23. The largest absolute Gasteiger partial charge is 0.494 e. The first-order valence-corrected chi connectivity index (χ1v) is 7.23. The van der Waals surface area contributed by atoms with Crippen molar-refractivity contribution in [3.05, 3.63) is 60.2 Å². The molecular weight excluding hydrogens is 292 g/mol. The Morgan fingerprint density at radius 2 is 2.00 bits per heavy atom. The van der Waals surface area contributed by atoms with Crippen LogP contribution in [-0.2, 0) is 6.54 Å². The second-order valence-corrected chi connectivity index (χ2v) is 5.35. The van der Waals surface area contributed by atoms with Crippen molar-refractivity contribution in [1.82, 2.24) is 19.7 Å². The lowest BCUT2D eigenvalue weighted by molar-refractivity contribution is 0.394. The molecule has 0 atom stereocenters. The lowest BCUT2D eigenvalue weighted by atomic mass is 10.1. The Morgan fingerprint density at radius 3 is 2.70 bits per heavy atom. The number of aromatic hydroxyl groups is 1. The van der Waals surface area contributed by atoms with Gasteiger partial charge in [0.25, 0.3) is 0 Å². The van der Waals surface area contributed by atoms with Crippen LogP contribution in [0.2, 0.25) is 0 Å². The fraction of sp³-hybridized carbons (Fsp3) is 0.118. The molecule has 114 valence electrons. The summed E-state index contributed by atoms with van der Waals surface area (Å²) < 4.78 is 6.77. The first kappa shape index (κ1) is 13.5. The van der Waals surface area contributed by atoms with Crippen molar-refractivity contribution in [2.45, 2.75) is 13.5 Å². The molecule has 0 radical (unpaired) electrons. The van der Waals surface area contributed by atoms with E-state index in [9.17, 15) is 5.11 Å². The van der Waals surface area contributed by atoms with Crippen molar-refractivity contribution < 1.29 is 9.63 Å². The van der Waals surface area contributed by atoms with Crippen molar-refractivity contribution >= 4 is 10.9 Å². The molecule has 0 spiro atoms. The lowest BCUT2D eigenvalue weighted by Crippen LogP contribution is -1.97. The van der Waals surface area contributed by atoms with E-state index < -0.39 is 0 Å². The molecule has 0 aliphatic carbocycles. The van der Waals surface area contributed by atoms with Crippen LogP contribution >= 0.6 is 0 Å². The third kappa shape index (κ3) is 2.44. The van der Waals surface area contributed by atoms with Crippen LogP contribution in [0.4, 0.5) is 0 Å². The minimum absolute atomic E-state index is 0.228. The van der Waals surface area contributed by atoms with Crippen molar-refractivity contribution in [3.63, 3.8) is 0 Å². The van der Waals surface area contributed by atoms with Crippen LogP contribution in [0.25, 0.3) is 22.3 Å². The van der Waals surface area contributed by atoms with Gasteiger partial charge in [-0.3, -0.25) is 4.98 Å². The average Bonchev–Trinajstić information content (AvgIpc) is 3.13. The van der Waals surface area contributed by atoms with Crippen LogP contribution < -0.4 is 0 Å². The zero-order valence-electron chi connectivity index (χ0n) is 12.5. The molecule has 3 aromatic heterocycles. The highest BCUT2D eigenvalue weighted by atomic mass is 16.5. The predicted molar refractivity (Wildman–Crippen MR) is 85.0 cm³/mol. The molecule has 0 fully saturated rings. The Labute approximate surface area is 132 Å². The van der Waals surface area contributed by atoms with Gasteiger partial charge in [0.05, 0.1) is 17.4 Å². The molecule has 1 aromatic carbocycles. The van der Waals surface area contributed by atoms with Gasteiger partial charge in [0.1, 0.15) is 0 Å². The van der Waals surface area contributed by atoms with E-state index in [-0.39, 0.29) is 5.88 Å². The number of benzene rings is 1. The average molecular weight is 306 g/mol. The van der Waals surface area contributed by atoms with Gasteiger partial charge in [-0.1, -0.05) is 29.4 Å². The van der Waals surface area contributed by atoms with Crippen LogP contribution in [0, 0.1) is 6.92 Å². The van der Waals surface area contributed by atoms with Gasteiger partial charge in [-0.15, -0.1) is 0 Å². The number of rotatable bonds is 3. The molecule has 0 bridgehead atoms. The van der Waals surface area contributed by atoms with Gasteiger partial charge in [-0.05, 0) is 17.7 Å². The van der Waals surface area contributed by atoms with E-state index in [1.54, 1.807) is 17.7 Å². The Hall–Kier alpha value is -3.15. The zero-order valence-corrected chi connectivity index (χ0v) is 12.5. The van der Waals surface area contributed by atoms with E-state index in [1.807, 2.05) is 42.6 Å². The highest BCUT2D eigenvalue weighted by Gasteiger charge is 2.10. The Balaban J connectivity index is 1.62. The maximum atomic E-state index is 10.3. The third-order valence-corrected chi connectivity index (χ3v) is 3.72. The highest BCUT2D eigenvalue weighted by molar-refractivity contribution is 5.84. The number of hydrogen-bond donors (Lipinski definition) is 1. The minimum atomic E-state index is 0.228. The zero-order chi connectivity index (χ0) is 15.8. The minimum Gasteiger partial charge on any atom is -0.494 e. The van der Waals surface area contributed by atoms with E-state index in [4.69, 9.17) is 4.52 Å². The summed E-state index contributed by atoms with van der Waals surface area (Å²) in [5.41, 5.74) is 2.74. The summed E-state index contributed by atoms with van der Waals surface area (Å²) in [5, 5.41) is 14.9. The topological polar surface area (TPSA) is 77.0 Å². The Morgan fingerprint density at radius 1 is 1.17 bits per heavy atom. The van der Waals surface area contributed by atoms with Gasteiger partial charge in [0.2, 0.25) is 17.6 Å². The van der Waals surface area contributed by atoms with Crippen molar-refractivity contribution in [3.8, 4) is 17.3 Å². The predicted octanol–water partition coefficient (Wildman–Crippen LogP) is 3.15. The normalized spacial score (nSPS) is 11.2. The summed E-state index contributed by atoms with van der Waals surface area (Å²) >= 11 is 0. The van der Waals surface area contributed by atoms with E-state index in [0.717, 1.165) is 22.0 Å². The van der Waals surface area contributed by atoms with Gasteiger partial charge < -0.3 is 14.2 Å². The van der Waals surface area contributed by atoms with E-state index in [1.165, 1.54) is 0 Å². The van der Waals surface area contributed by atoms with Crippen molar-refractivity contribution in [2.24, 2.45) is 0 Å². The summed E-state index contributed by atoms with van der Waals surface area (Å²) in [6.07, 6.45) is 3.56. The van der Waals surface area contributed by atoms with Gasteiger partial charge in [-0.25, -0.2) is 0 Å². The van der Waals surface area contributed by atoms with Gasteiger partial charge in [-0.2, -0.15) is 4.98 Å². The van der Waals surface area contributed by atoms with Crippen LogP contribution in [0.3, 0.4) is 0 Å². The van der Waals surface area contributed by atoms with Crippen LogP contribution in [-0.4, -0.2) is 24.8 Å². The maximum absolute atomic E-state index is 10.3. The molecule has 3 heterocycles. The standard InChI is InChI=1S/C17H14N4O2/c1-11-19-16(20-23-11)13-6-4-12(5-7-13)9-21-10-15-14(17(21)22)3-2-8-18-15/h2-8,10,22H,9H2,1H3. The van der Waals surface area contributed by atoms with Gasteiger partial charge in [0.15, 0.2) is 0 Å². The second-order valence-electron chi connectivity index (χ2n) is 5.35. The smallest absolute Gasteiger partial charge is 0.223 e. The summed E-state index contributed by atoms with van der Waals surface area (Å²) in [6.45, 7) is 2.33. The van der Waals surface area contributed by atoms with Gasteiger partial charge >= 0.3 is 0 Å². The molecule has 23 heavy (non-hydrogen) atoms. The quantitative estimate of drug-likeness (QED) is 0.629. The monoisotopic (exact) mass is 306 g/mol.